The molecule has 1 aliphatic heterocycles. The molecule has 11 N–H and O–H groups in total. The summed E-state index contributed by atoms with van der Waals surface area (Å²) in [6.45, 7) is 1.57. The Hall–Kier alpha value is -2.02. The highest BCUT2D eigenvalue weighted by atomic mass is 31.2. The molecule has 0 amide bonds. The summed E-state index contributed by atoms with van der Waals surface area (Å²) in [5.74, 6) is 0. The Morgan fingerprint density at radius 3 is 1.67 bits per heavy atom. The summed E-state index contributed by atoms with van der Waals surface area (Å²) in [4.78, 5) is 77.1. The minimum absolute atomic E-state index is 0.00876. The minimum atomic E-state index is -4.64. The van der Waals surface area contributed by atoms with Crippen molar-refractivity contribution in [2.45, 2.75) is 31.5 Å². The number of nitrogens with zero attached hydrogens (tertiary/aromatic N) is 6. The maximum atomic E-state index is 12.4. The molecule has 0 aliphatic carbocycles. The molecule has 3 heterocycles. The van der Waals surface area contributed by atoms with Crippen LogP contribution in [0.2, 0.25) is 0 Å². The van der Waals surface area contributed by atoms with Crippen LogP contribution in [0.3, 0.4) is 0 Å². The summed E-state index contributed by atoms with van der Waals surface area (Å²) >= 11 is 0. The van der Waals surface area contributed by atoms with Gasteiger partial charge in [-0.1, -0.05) is 5.21 Å². The molecule has 1 fully saturated rings. The topological polar surface area (TPSA) is 372 Å². The number of aryl methyl sites for hydroxylation is 1. The molecule has 206 valence electrons. The molecule has 1 saturated heterocycles. The van der Waals surface area contributed by atoms with Gasteiger partial charge in [-0.2, -0.15) is 15.0 Å². The molecule has 0 saturated carbocycles. The van der Waals surface area contributed by atoms with Gasteiger partial charge in [0.25, 0.3) is 5.56 Å². The second kappa shape index (κ2) is 13.0. The van der Waals surface area contributed by atoms with E-state index in [0.29, 0.717) is 0 Å². The van der Waals surface area contributed by atoms with Crippen LogP contribution in [0.1, 0.15) is 18.8 Å². The molecule has 4 unspecified atom stereocenters. The summed E-state index contributed by atoms with van der Waals surface area (Å²) in [6.07, 6.45) is -4.20. The third-order valence-corrected chi connectivity index (χ3v) is 3.50. The number of aliphatic hydroxyl groups is 2. The molecule has 2 aromatic rings. The summed E-state index contributed by atoms with van der Waals surface area (Å²) < 4.78 is 34.1. The first-order valence-electron chi connectivity index (χ1n) is 8.54. The van der Waals surface area contributed by atoms with Gasteiger partial charge in [0.1, 0.15) is 18.3 Å². The smallest absolute Gasteiger partial charge is 0.388 e. The van der Waals surface area contributed by atoms with E-state index in [1.807, 2.05) is 6.07 Å². The van der Waals surface area contributed by atoms with E-state index >= 15 is 0 Å². The summed E-state index contributed by atoms with van der Waals surface area (Å²) in [5.41, 5.74) is -0.457. The van der Waals surface area contributed by atoms with Crippen molar-refractivity contribution in [2.75, 3.05) is 0 Å². The quantitative estimate of drug-likeness (QED) is 0.140. The van der Waals surface area contributed by atoms with Gasteiger partial charge in [-0.25, -0.2) is 13.7 Å². The van der Waals surface area contributed by atoms with Crippen LogP contribution in [0.15, 0.2) is 4.79 Å². The Balaban J connectivity index is 0.000000672. The Labute approximate surface area is 198 Å². The Bertz CT molecular complexity index is 1200. The molecule has 36 heavy (non-hydrogen) atoms. The molecular formula is C11H21N6O16P3. The van der Waals surface area contributed by atoms with Crippen LogP contribution in [0.25, 0.3) is 11.0 Å². The zero-order valence-electron chi connectivity index (χ0n) is 17.8. The van der Waals surface area contributed by atoms with Crippen molar-refractivity contribution >= 4 is 34.5 Å². The number of nitriles is 1. The highest BCUT2D eigenvalue weighted by Gasteiger charge is 2.43. The normalized spacial score (nSPS) is 21.8. The lowest BCUT2D eigenvalue weighted by molar-refractivity contribution is -0.0439. The number of fused-ring (bicyclic) bond motifs is 1. The van der Waals surface area contributed by atoms with Crippen molar-refractivity contribution in [3.05, 3.63) is 16.0 Å². The van der Waals surface area contributed by atoms with E-state index < -0.39 is 53.6 Å². The highest BCUT2D eigenvalue weighted by Crippen LogP contribution is 2.28. The summed E-state index contributed by atoms with van der Waals surface area (Å²) in [6, 6.07) is 1.83. The lowest BCUT2D eigenvalue weighted by Crippen LogP contribution is -2.36. The van der Waals surface area contributed by atoms with E-state index in [2.05, 4.69) is 15.4 Å². The molecule has 0 spiro atoms. The van der Waals surface area contributed by atoms with Crippen molar-refractivity contribution in [3.8, 4) is 6.07 Å². The average Bonchev–Trinajstić information content (AvgIpc) is 3.10. The summed E-state index contributed by atoms with van der Waals surface area (Å²) in [7, 11) is -12.4. The van der Waals surface area contributed by atoms with Gasteiger partial charge in [-0.05, 0) is 6.92 Å². The van der Waals surface area contributed by atoms with Gasteiger partial charge in [0.2, 0.25) is 0 Å². The average molecular weight is 586 g/mol. The molecule has 25 heteroatoms. The predicted molar refractivity (Wildman–Crippen MR) is 110 cm³/mol. The SMILES string of the molecule is CC1OC(n2nnc3c(C#N)nn(C)c3c2=O)C(O)C1O.O=P(O)(O)O.O=P(O)(O)O.O=P(O)(O)O. The maximum absolute atomic E-state index is 12.4. The maximum Gasteiger partial charge on any atom is 0.466 e. The molecule has 1 aliphatic rings. The van der Waals surface area contributed by atoms with Crippen LogP contribution in [-0.4, -0.2) is 97.3 Å². The molecule has 2 aromatic heterocycles. The van der Waals surface area contributed by atoms with Gasteiger partial charge in [-0.15, -0.1) is 5.10 Å². The van der Waals surface area contributed by atoms with E-state index in [0.717, 1.165) is 4.68 Å². The molecule has 0 bridgehead atoms. The number of aliphatic hydroxyl groups excluding tert-OH is 2. The molecule has 0 aromatic carbocycles. The minimum Gasteiger partial charge on any atom is -0.388 e. The van der Waals surface area contributed by atoms with Gasteiger partial charge >= 0.3 is 23.5 Å². The van der Waals surface area contributed by atoms with Gasteiger partial charge < -0.3 is 59.0 Å². The van der Waals surface area contributed by atoms with Crippen molar-refractivity contribution in [1.29, 1.82) is 5.26 Å². The van der Waals surface area contributed by atoms with Crippen LogP contribution in [0.4, 0.5) is 0 Å². The first-order chi connectivity index (χ1) is 16.0. The lowest BCUT2D eigenvalue weighted by atomic mass is 10.1. The number of hydrogen-bond donors (Lipinski definition) is 11. The predicted octanol–water partition coefficient (Wildman–Crippen LogP) is -4.75. The van der Waals surface area contributed by atoms with Crippen molar-refractivity contribution in [3.63, 3.8) is 0 Å². The van der Waals surface area contributed by atoms with Crippen LogP contribution >= 0.6 is 23.5 Å². The number of ether oxygens (including phenoxy) is 1. The van der Waals surface area contributed by atoms with Gasteiger partial charge in [-0.3, -0.25) is 9.48 Å². The monoisotopic (exact) mass is 586 g/mol. The van der Waals surface area contributed by atoms with Crippen LogP contribution in [-0.2, 0) is 25.5 Å². The molecular weight excluding hydrogens is 565 g/mol. The summed E-state index contributed by atoms with van der Waals surface area (Å²) in [5, 5.41) is 39.9. The van der Waals surface area contributed by atoms with E-state index in [1.54, 1.807) is 6.92 Å². The van der Waals surface area contributed by atoms with Gasteiger partial charge in [0.05, 0.1) is 6.10 Å². The number of rotatable bonds is 1. The standard InChI is InChI=1S/C11H12N6O4.3H3O4P/c1-4-8(18)9(19)11(21-4)17-10(20)7-6(13-15-17)5(3-12)14-16(7)2;3*1-5(2,3)4/h4,8-9,11,18-19H,1-2H3;3*(H3,1,2,3,4). The third-order valence-electron chi connectivity index (χ3n) is 3.50. The third kappa shape index (κ3) is 12.8. The van der Waals surface area contributed by atoms with E-state index in [4.69, 9.17) is 67.7 Å². The van der Waals surface area contributed by atoms with Gasteiger partial charge in [0, 0.05) is 7.05 Å². The lowest BCUT2D eigenvalue weighted by Gasteiger charge is -2.15. The first-order valence-corrected chi connectivity index (χ1v) is 13.2. The van der Waals surface area contributed by atoms with Crippen LogP contribution in [0, 0.1) is 11.3 Å². The molecule has 4 atom stereocenters. The van der Waals surface area contributed by atoms with Crippen molar-refractivity contribution in [1.82, 2.24) is 24.8 Å². The fourth-order valence-electron chi connectivity index (χ4n) is 2.36. The van der Waals surface area contributed by atoms with Crippen molar-refractivity contribution < 1.29 is 72.7 Å². The molecule has 3 rings (SSSR count). The fraction of sp³-hybridized carbons (Fsp3) is 0.545. The zero-order valence-corrected chi connectivity index (χ0v) is 20.5. The second-order valence-electron chi connectivity index (χ2n) is 6.37. The van der Waals surface area contributed by atoms with Crippen molar-refractivity contribution in [2.24, 2.45) is 7.05 Å². The Morgan fingerprint density at radius 1 is 0.917 bits per heavy atom. The largest absolute Gasteiger partial charge is 0.466 e. The number of hydrogen-bond acceptors (Lipinski definition) is 11. The molecule has 22 nitrogen and oxygen atoms in total. The van der Waals surface area contributed by atoms with E-state index in [-0.39, 0.29) is 16.7 Å². The Morgan fingerprint density at radius 2 is 1.33 bits per heavy atom. The van der Waals surface area contributed by atoms with E-state index in [1.165, 1.54) is 11.7 Å². The number of phosphoric acid groups is 3. The zero-order chi connectivity index (χ0) is 28.8. The molecule has 0 radical (unpaired) electrons. The number of aromatic nitrogens is 5. The van der Waals surface area contributed by atoms with E-state index in [9.17, 15) is 15.0 Å². The highest BCUT2D eigenvalue weighted by molar-refractivity contribution is 7.45. The van der Waals surface area contributed by atoms with Crippen LogP contribution < -0.4 is 5.56 Å². The first kappa shape index (κ1) is 34.0. The fourth-order valence-corrected chi connectivity index (χ4v) is 2.36. The van der Waals surface area contributed by atoms with Crippen LogP contribution in [0.5, 0.6) is 0 Å². The van der Waals surface area contributed by atoms with Gasteiger partial charge in [0.15, 0.2) is 23.0 Å². The Kier molecular flexibility index (Phi) is 12.2. The second-order valence-corrected chi connectivity index (χ2v) is 9.45.